The predicted molar refractivity (Wildman–Crippen MR) is 55.7 cm³/mol. The van der Waals surface area contributed by atoms with E-state index in [1.165, 1.54) is 7.11 Å². The Bertz CT molecular complexity index is 279. The Hall–Kier alpha value is -1.10. The van der Waals surface area contributed by atoms with Gasteiger partial charge in [-0.15, -0.1) is 0 Å². The van der Waals surface area contributed by atoms with Gasteiger partial charge in [0.2, 0.25) is 0 Å². The zero-order valence-electron chi connectivity index (χ0n) is 10.1. The van der Waals surface area contributed by atoms with Crippen LogP contribution in [0.25, 0.3) is 0 Å². The SMILES string of the molecule is COC(=O)[C@@H]1COC[C@@H]1C(=O)OC(C)(C)C. The quantitative estimate of drug-likeness (QED) is 0.655. The molecule has 0 bridgehead atoms. The molecule has 1 rings (SSSR count). The zero-order valence-corrected chi connectivity index (χ0v) is 10.1. The molecular weight excluding hydrogens is 212 g/mol. The van der Waals surface area contributed by atoms with Crippen molar-refractivity contribution in [1.29, 1.82) is 0 Å². The van der Waals surface area contributed by atoms with E-state index in [2.05, 4.69) is 4.74 Å². The maximum atomic E-state index is 11.8. The summed E-state index contributed by atoms with van der Waals surface area (Å²) in [7, 11) is 1.30. The summed E-state index contributed by atoms with van der Waals surface area (Å²) in [5, 5.41) is 0. The second kappa shape index (κ2) is 4.82. The minimum atomic E-state index is -0.555. The lowest BCUT2D eigenvalue weighted by atomic mass is 9.96. The zero-order chi connectivity index (χ0) is 12.3. The van der Waals surface area contributed by atoms with E-state index in [4.69, 9.17) is 9.47 Å². The summed E-state index contributed by atoms with van der Waals surface area (Å²) in [5.41, 5.74) is -0.555. The van der Waals surface area contributed by atoms with Crippen LogP contribution in [0.15, 0.2) is 0 Å². The van der Waals surface area contributed by atoms with E-state index in [9.17, 15) is 9.59 Å². The Labute approximate surface area is 95.0 Å². The summed E-state index contributed by atoms with van der Waals surface area (Å²) in [6.07, 6.45) is 0. The third kappa shape index (κ3) is 3.20. The first kappa shape index (κ1) is 13.0. The monoisotopic (exact) mass is 230 g/mol. The first-order valence-corrected chi connectivity index (χ1v) is 5.23. The van der Waals surface area contributed by atoms with Gasteiger partial charge in [-0.2, -0.15) is 0 Å². The van der Waals surface area contributed by atoms with Crippen molar-refractivity contribution in [2.24, 2.45) is 11.8 Å². The largest absolute Gasteiger partial charge is 0.469 e. The summed E-state index contributed by atoms with van der Waals surface area (Å²) in [5.74, 6) is -1.92. The molecule has 5 heteroatoms. The molecule has 1 heterocycles. The standard InChI is InChI=1S/C11H18O5/c1-11(2,3)16-10(13)8-6-15-5-7(8)9(12)14-4/h7-8H,5-6H2,1-4H3/t7-,8+/m1/s1. The molecule has 1 fully saturated rings. The highest BCUT2D eigenvalue weighted by Gasteiger charge is 2.41. The van der Waals surface area contributed by atoms with Crippen LogP contribution in [0.3, 0.4) is 0 Å². The van der Waals surface area contributed by atoms with Crippen LogP contribution in [-0.4, -0.2) is 37.9 Å². The van der Waals surface area contributed by atoms with Gasteiger partial charge in [0.1, 0.15) is 5.60 Å². The van der Waals surface area contributed by atoms with Crippen molar-refractivity contribution in [3.05, 3.63) is 0 Å². The van der Waals surface area contributed by atoms with Crippen molar-refractivity contribution in [3.63, 3.8) is 0 Å². The number of carbonyl (C=O) groups is 2. The minimum Gasteiger partial charge on any atom is -0.469 e. The van der Waals surface area contributed by atoms with Crippen LogP contribution in [-0.2, 0) is 23.8 Å². The topological polar surface area (TPSA) is 61.8 Å². The third-order valence-corrected chi connectivity index (χ3v) is 2.29. The van der Waals surface area contributed by atoms with Crippen molar-refractivity contribution in [3.8, 4) is 0 Å². The van der Waals surface area contributed by atoms with E-state index < -0.39 is 29.4 Å². The highest BCUT2D eigenvalue weighted by molar-refractivity contribution is 5.83. The van der Waals surface area contributed by atoms with Gasteiger partial charge in [0.25, 0.3) is 0 Å². The number of carbonyl (C=O) groups excluding carboxylic acids is 2. The molecule has 1 aliphatic heterocycles. The average molecular weight is 230 g/mol. The molecule has 0 aliphatic carbocycles. The van der Waals surface area contributed by atoms with E-state index in [0.717, 1.165) is 0 Å². The fraction of sp³-hybridized carbons (Fsp3) is 0.818. The van der Waals surface area contributed by atoms with Gasteiger partial charge in [-0.3, -0.25) is 9.59 Å². The first-order valence-electron chi connectivity index (χ1n) is 5.23. The van der Waals surface area contributed by atoms with Crippen molar-refractivity contribution >= 4 is 11.9 Å². The van der Waals surface area contributed by atoms with E-state index >= 15 is 0 Å². The van der Waals surface area contributed by atoms with Gasteiger partial charge in [-0.05, 0) is 20.8 Å². The minimum absolute atomic E-state index is 0.217. The van der Waals surface area contributed by atoms with Crippen LogP contribution in [0.2, 0.25) is 0 Å². The Kier molecular flexibility index (Phi) is 3.91. The molecule has 0 aromatic rings. The van der Waals surface area contributed by atoms with Crippen LogP contribution in [0.4, 0.5) is 0 Å². The van der Waals surface area contributed by atoms with Crippen molar-refractivity contribution in [2.45, 2.75) is 26.4 Å². The molecule has 0 amide bonds. The highest BCUT2D eigenvalue weighted by atomic mass is 16.6. The molecule has 16 heavy (non-hydrogen) atoms. The normalized spacial score (nSPS) is 25.2. The number of ether oxygens (including phenoxy) is 3. The molecule has 0 radical (unpaired) electrons. The summed E-state index contributed by atoms with van der Waals surface area (Å²) in [6.45, 7) is 5.79. The fourth-order valence-electron chi connectivity index (χ4n) is 1.55. The molecule has 0 aromatic heterocycles. The van der Waals surface area contributed by atoms with Gasteiger partial charge in [-0.25, -0.2) is 0 Å². The maximum absolute atomic E-state index is 11.8. The van der Waals surface area contributed by atoms with Gasteiger partial charge >= 0.3 is 11.9 Å². The number of rotatable bonds is 2. The fourth-order valence-corrected chi connectivity index (χ4v) is 1.55. The lowest BCUT2D eigenvalue weighted by molar-refractivity contribution is -0.165. The molecule has 2 atom stereocenters. The molecule has 5 nitrogen and oxygen atoms in total. The second-order valence-corrected chi connectivity index (χ2v) is 4.81. The van der Waals surface area contributed by atoms with Gasteiger partial charge in [0.15, 0.2) is 0 Å². The first-order chi connectivity index (χ1) is 7.35. The molecule has 92 valence electrons. The molecule has 0 unspecified atom stereocenters. The van der Waals surface area contributed by atoms with Crippen molar-refractivity contribution in [2.75, 3.05) is 20.3 Å². The van der Waals surface area contributed by atoms with E-state index in [1.54, 1.807) is 20.8 Å². The molecule has 0 aromatic carbocycles. The molecular formula is C11H18O5. The molecule has 1 aliphatic rings. The Balaban J connectivity index is 2.65. The number of methoxy groups -OCH3 is 1. The summed E-state index contributed by atoms with van der Waals surface area (Å²) < 4.78 is 15.0. The lowest BCUT2D eigenvalue weighted by Gasteiger charge is -2.23. The van der Waals surface area contributed by atoms with E-state index in [1.807, 2.05) is 0 Å². The van der Waals surface area contributed by atoms with Crippen molar-refractivity contribution in [1.82, 2.24) is 0 Å². The predicted octanol–water partition coefficient (Wildman–Crippen LogP) is 0.764. The number of hydrogen-bond acceptors (Lipinski definition) is 5. The van der Waals surface area contributed by atoms with Gasteiger partial charge in [0.05, 0.1) is 32.2 Å². The summed E-state index contributed by atoms with van der Waals surface area (Å²) >= 11 is 0. The maximum Gasteiger partial charge on any atom is 0.312 e. The Morgan fingerprint density at radius 2 is 1.62 bits per heavy atom. The van der Waals surface area contributed by atoms with Crippen molar-refractivity contribution < 1.29 is 23.8 Å². The van der Waals surface area contributed by atoms with Crippen LogP contribution in [0.1, 0.15) is 20.8 Å². The lowest BCUT2D eigenvalue weighted by Crippen LogP contribution is -2.35. The van der Waals surface area contributed by atoms with E-state index in [-0.39, 0.29) is 13.2 Å². The number of esters is 2. The van der Waals surface area contributed by atoms with Gasteiger partial charge in [0, 0.05) is 0 Å². The van der Waals surface area contributed by atoms with Crippen LogP contribution >= 0.6 is 0 Å². The third-order valence-electron chi connectivity index (χ3n) is 2.29. The van der Waals surface area contributed by atoms with Crippen LogP contribution in [0.5, 0.6) is 0 Å². The Morgan fingerprint density at radius 1 is 1.12 bits per heavy atom. The Morgan fingerprint density at radius 3 is 2.06 bits per heavy atom. The van der Waals surface area contributed by atoms with Crippen LogP contribution in [0, 0.1) is 11.8 Å². The van der Waals surface area contributed by atoms with E-state index in [0.29, 0.717) is 0 Å². The van der Waals surface area contributed by atoms with Gasteiger partial charge < -0.3 is 14.2 Å². The average Bonchev–Trinajstić information content (AvgIpc) is 2.62. The summed E-state index contributed by atoms with van der Waals surface area (Å²) in [6, 6.07) is 0. The van der Waals surface area contributed by atoms with Crippen LogP contribution < -0.4 is 0 Å². The number of hydrogen-bond donors (Lipinski definition) is 0. The molecule has 0 spiro atoms. The molecule has 0 saturated carbocycles. The molecule has 1 saturated heterocycles. The van der Waals surface area contributed by atoms with Gasteiger partial charge in [-0.1, -0.05) is 0 Å². The highest BCUT2D eigenvalue weighted by Crippen LogP contribution is 2.25. The molecule has 0 N–H and O–H groups in total. The summed E-state index contributed by atoms with van der Waals surface area (Å²) in [4.78, 5) is 23.2. The smallest absolute Gasteiger partial charge is 0.312 e. The second-order valence-electron chi connectivity index (χ2n) is 4.81.